The number of alkyl halides is 3. The van der Waals surface area contributed by atoms with Gasteiger partial charge in [0.05, 0.1) is 23.9 Å². The number of amides is 3. The number of hydrogen-bond acceptors (Lipinski definition) is 5. The molecule has 0 aliphatic rings. The molecule has 3 aromatic rings. The van der Waals surface area contributed by atoms with E-state index in [1.807, 2.05) is 46.3 Å². The largest absolute Gasteiger partial charge is 0.497 e. The van der Waals surface area contributed by atoms with Crippen LogP contribution < -0.4 is 15.4 Å². The number of aromatic nitrogens is 2. The number of hydrogen-bond donors (Lipinski definition) is 2. The SMILES string of the molecule is COc1ccc(-n2c(SCC(=O)NC(=O)NCC(F)(F)F)nc3ccccc32)cc1. The van der Waals surface area contributed by atoms with Gasteiger partial charge in [0.15, 0.2) is 5.16 Å². The molecule has 1 heterocycles. The first-order chi connectivity index (χ1) is 14.3. The summed E-state index contributed by atoms with van der Waals surface area (Å²) in [4.78, 5) is 27.9. The highest BCUT2D eigenvalue weighted by Crippen LogP contribution is 2.28. The standard InChI is InChI=1S/C19H17F3N4O3S/c1-29-13-8-6-12(7-9-13)26-15-5-3-2-4-14(15)24-18(26)30-10-16(27)25-17(28)23-11-19(20,21)22/h2-9H,10-11H2,1H3,(H2,23,25,27,28). The summed E-state index contributed by atoms with van der Waals surface area (Å²) in [6, 6.07) is 13.4. The Morgan fingerprint density at radius 2 is 1.83 bits per heavy atom. The van der Waals surface area contributed by atoms with Crippen LogP contribution in [0.25, 0.3) is 16.7 Å². The lowest BCUT2D eigenvalue weighted by molar-refractivity contribution is -0.124. The number of urea groups is 1. The van der Waals surface area contributed by atoms with Crippen LogP contribution in [-0.4, -0.2) is 47.1 Å². The maximum absolute atomic E-state index is 12.1. The monoisotopic (exact) mass is 438 g/mol. The van der Waals surface area contributed by atoms with Crippen molar-refractivity contribution < 1.29 is 27.5 Å². The first-order valence-corrected chi connectivity index (χ1v) is 9.64. The second-order valence-corrected chi connectivity index (χ2v) is 6.99. The lowest BCUT2D eigenvalue weighted by atomic mass is 10.2. The molecule has 0 unspecified atom stereocenters. The fourth-order valence-electron chi connectivity index (χ4n) is 2.60. The number of fused-ring (bicyclic) bond motifs is 1. The summed E-state index contributed by atoms with van der Waals surface area (Å²) in [7, 11) is 1.56. The highest BCUT2D eigenvalue weighted by atomic mass is 32.2. The Bertz CT molecular complexity index is 1050. The van der Waals surface area contributed by atoms with Gasteiger partial charge >= 0.3 is 12.2 Å². The molecule has 2 N–H and O–H groups in total. The number of halogens is 3. The van der Waals surface area contributed by atoms with Crippen LogP contribution in [0, 0.1) is 0 Å². The topological polar surface area (TPSA) is 85.2 Å². The van der Waals surface area contributed by atoms with E-state index in [0.717, 1.165) is 23.0 Å². The molecule has 30 heavy (non-hydrogen) atoms. The molecule has 0 atom stereocenters. The van der Waals surface area contributed by atoms with E-state index in [-0.39, 0.29) is 5.75 Å². The number of carbonyl (C=O) groups is 2. The number of nitrogens with zero attached hydrogens (tertiary/aromatic N) is 2. The Morgan fingerprint density at radius 1 is 1.13 bits per heavy atom. The maximum atomic E-state index is 12.1. The van der Waals surface area contributed by atoms with Crippen LogP contribution in [0.15, 0.2) is 53.7 Å². The van der Waals surface area contributed by atoms with E-state index < -0.39 is 24.7 Å². The van der Waals surface area contributed by atoms with Crippen molar-refractivity contribution in [3.8, 4) is 11.4 Å². The van der Waals surface area contributed by atoms with Crippen LogP contribution in [0.3, 0.4) is 0 Å². The molecule has 7 nitrogen and oxygen atoms in total. The van der Waals surface area contributed by atoms with E-state index >= 15 is 0 Å². The highest BCUT2D eigenvalue weighted by molar-refractivity contribution is 7.99. The van der Waals surface area contributed by atoms with Crippen molar-refractivity contribution in [1.82, 2.24) is 20.2 Å². The second kappa shape index (κ2) is 9.08. The van der Waals surface area contributed by atoms with Gasteiger partial charge in [-0.05, 0) is 36.4 Å². The molecule has 0 bridgehead atoms. The van der Waals surface area contributed by atoms with Gasteiger partial charge in [-0.1, -0.05) is 23.9 Å². The molecule has 0 aliphatic carbocycles. The number of nitrogens with one attached hydrogen (secondary N) is 2. The van der Waals surface area contributed by atoms with E-state index in [9.17, 15) is 22.8 Å². The molecule has 0 radical (unpaired) electrons. The van der Waals surface area contributed by atoms with Crippen molar-refractivity contribution in [1.29, 1.82) is 0 Å². The van der Waals surface area contributed by atoms with Crippen LogP contribution in [-0.2, 0) is 4.79 Å². The van der Waals surface area contributed by atoms with Gasteiger partial charge in [0.1, 0.15) is 12.3 Å². The lowest BCUT2D eigenvalue weighted by Crippen LogP contribution is -2.43. The molecule has 2 aromatic carbocycles. The van der Waals surface area contributed by atoms with Crippen molar-refractivity contribution in [3.05, 3.63) is 48.5 Å². The summed E-state index contributed by atoms with van der Waals surface area (Å²) in [6.07, 6.45) is -4.56. The third-order valence-corrected chi connectivity index (χ3v) is 4.83. The minimum absolute atomic E-state index is 0.209. The number of thioether (sulfide) groups is 1. The summed E-state index contributed by atoms with van der Waals surface area (Å²) >= 11 is 1.06. The molecule has 3 rings (SSSR count). The number of imidazole rings is 1. The molecule has 158 valence electrons. The zero-order valence-corrected chi connectivity index (χ0v) is 16.5. The van der Waals surface area contributed by atoms with Crippen molar-refractivity contribution in [2.75, 3.05) is 19.4 Å². The van der Waals surface area contributed by atoms with Gasteiger partial charge in [-0.15, -0.1) is 0 Å². The summed E-state index contributed by atoms with van der Waals surface area (Å²) in [5.41, 5.74) is 2.31. The number of carbonyl (C=O) groups excluding carboxylic acids is 2. The van der Waals surface area contributed by atoms with Gasteiger partial charge in [-0.25, -0.2) is 9.78 Å². The second-order valence-electron chi connectivity index (χ2n) is 6.05. The molecule has 11 heteroatoms. The zero-order chi connectivity index (χ0) is 21.7. The van der Waals surface area contributed by atoms with Gasteiger partial charge in [-0.2, -0.15) is 13.2 Å². The Kier molecular flexibility index (Phi) is 6.50. The van der Waals surface area contributed by atoms with Gasteiger partial charge in [0.25, 0.3) is 0 Å². The average Bonchev–Trinajstić information content (AvgIpc) is 3.09. The molecule has 0 saturated heterocycles. The Hall–Kier alpha value is -3.21. The number of rotatable bonds is 6. The minimum atomic E-state index is -4.56. The number of benzene rings is 2. The average molecular weight is 438 g/mol. The number of methoxy groups -OCH3 is 1. The number of ether oxygens (including phenoxy) is 1. The quantitative estimate of drug-likeness (QED) is 0.576. The molecule has 0 aliphatic heterocycles. The summed E-state index contributed by atoms with van der Waals surface area (Å²) < 4.78 is 43.4. The summed E-state index contributed by atoms with van der Waals surface area (Å²) in [5, 5.41) is 3.94. The first-order valence-electron chi connectivity index (χ1n) is 8.66. The van der Waals surface area contributed by atoms with Crippen LogP contribution in [0.4, 0.5) is 18.0 Å². The molecule has 0 fully saturated rings. The Labute approximate surface area is 173 Å². The van der Waals surface area contributed by atoms with Crippen LogP contribution in [0.1, 0.15) is 0 Å². The fraction of sp³-hybridized carbons (Fsp3) is 0.211. The molecule has 0 spiro atoms. The van der Waals surface area contributed by atoms with Crippen molar-refractivity contribution in [2.45, 2.75) is 11.3 Å². The van der Waals surface area contributed by atoms with E-state index in [0.29, 0.717) is 16.4 Å². The number of imide groups is 1. The molecule has 0 saturated carbocycles. The lowest BCUT2D eigenvalue weighted by Gasteiger charge is -2.10. The first kappa shape index (κ1) is 21.5. The third-order valence-electron chi connectivity index (χ3n) is 3.90. The van der Waals surface area contributed by atoms with Gasteiger partial charge in [0, 0.05) is 5.69 Å². The van der Waals surface area contributed by atoms with Crippen LogP contribution in [0.2, 0.25) is 0 Å². The molecule has 3 amide bonds. The van der Waals surface area contributed by atoms with Crippen molar-refractivity contribution >= 4 is 34.7 Å². The summed E-state index contributed by atoms with van der Waals surface area (Å²) in [5.74, 6) is -0.270. The molecule has 1 aromatic heterocycles. The van der Waals surface area contributed by atoms with Gasteiger partial charge < -0.3 is 10.1 Å². The van der Waals surface area contributed by atoms with Crippen LogP contribution >= 0.6 is 11.8 Å². The fourth-order valence-corrected chi connectivity index (χ4v) is 3.43. The smallest absolute Gasteiger partial charge is 0.405 e. The zero-order valence-electron chi connectivity index (χ0n) is 15.7. The van der Waals surface area contributed by atoms with Gasteiger partial charge in [-0.3, -0.25) is 14.7 Å². The van der Waals surface area contributed by atoms with Gasteiger partial charge in [0.2, 0.25) is 5.91 Å². The van der Waals surface area contributed by atoms with E-state index in [1.165, 1.54) is 0 Å². The molecular weight excluding hydrogens is 421 g/mol. The van der Waals surface area contributed by atoms with E-state index in [1.54, 1.807) is 24.6 Å². The normalized spacial score (nSPS) is 11.3. The highest BCUT2D eigenvalue weighted by Gasteiger charge is 2.28. The Morgan fingerprint density at radius 3 is 2.50 bits per heavy atom. The van der Waals surface area contributed by atoms with E-state index in [4.69, 9.17) is 4.74 Å². The number of para-hydroxylation sites is 2. The predicted octanol–water partition coefficient (Wildman–Crippen LogP) is 3.51. The third kappa shape index (κ3) is 5.44. The maximum Gasteiger partial charge on any atom is 0.405 e. The Balaban J connectivity index is 1.74. The minimum Gasteiger partial charge on any atom is -0.497 e. The van der Waals surface area contributed by atoms with Crippen molar-refractivity contribution in [3.63, 3.8) is 0 Å². The summed E-state index contributed by atoms with van der Waals surface area (Å²) in [6.45, 7) is -1.52. The predicted molar refractivity (Wildman–Crippen MR) is 106 cm³/mol. The molecular formula is C19H17F3N4O3S. The van der Waals surface area contributed by atoms with Crippen LogP contribution in [0.5, 0.6) is 5.75 Å². The van der Waals surface area contributed by atoms with E-state index in [2.05, 4.69) is 4.98 Å². The van der Waals surface area contributed by atoms with Crippen molar-refractivity contribution in [2.24, 2.45) is 0 Å².